The predicted octanol–water partition coefficient (Wildman–Crippen LogP) is 7.17. The smallest absolute Gasteiger partial charge is 0.485 e. The van der Waals surface area contributed by atoms with Crippen LogP contribution in [0, 0.1) is 12.5 Å². The van der Waals surface area contributed by atoms with Gasteiger partial charge in [-0.05, 0) is 40.5 Å². The normalized spacial score (nSPS) is 23.1. The average Bonchev–Trinajstić information content (AvgIpc) is 3.82. The first kappa shape index (κ1) is 37.5. The van der Waals surface area contributed by atoms with Crippen molar-refractivity contribution >= 4 is 10.1 Å². The Bertz CT molecular complexity index is 1660. The zero-order valence-electron chi connectivity index (χ0n) is 27.1. The van der Waals surface area contributed by atoms with Gasteiger partial charge in [-0.15, -0.1) is 0 Å². The molecule has 0 aromatic heterocycles. The Hall–Kier alpha value is -3.75. The maximum Gasteiger partial charge on any atom is 0.485 e. The number of hydrogen-bond donors (Lipinski definition) is 0. The summed E-state index contributed by atoms with van der Waals surface area (Å²) in [5, 5.41) is 0. The van der Waals surface area contributed by atoms with Crippen LogP contribution in [0.3, 0.4) is 0 Å². The number of halogens is 3. The fourth-order valence-electron chi connectivity index (χ4n) is 5.61. The highest BCUT2D eigenvalue weighted by Crippen LogP contribution is 2.47. The second kappa shape index (κ2) is 18.0. The lowest BCUT2D eigenvalue weighted by Gasteiger charge is -2.23. The van der Waals surface area contributed by atoms with Crippen LogP contribution in [0.25, 0.3) is 0 Å². The van der Waals surface area contributed by atoms with E-state index in [9.17, 15) is 13.2 Å². The highest BCUT2D eigenvalue weighted by atomic mass is 32.2. The van der Waals surface area contributed by atoms with Crippen LogP contribution in [-0.4, -0.2) is 56.1 Å². The number of benzene rings is 4. The second-order valence-corrected chi connectivity index (χ2v) is 13.4. The Labute approximate surface area is 290 Å². The van der Waals surface area contributed by atoms with Crippen molar-refractivity contribution in [3.63, 3.8) is 0 Å². The maximum absolute atomic E-state index is 10.7. The molecule has 8 nitrogen and oxygen atoms in total. The number of hydrogen-bond acceptors (Lipinski definition) is 8. The quantitative estimate of drug-likeness (QED) is 0.0726. The molecule has 266 valence electrons. The minimum absolute atomic E-state index is 0.305. The van der Waals surface area contributed by atoms with Gasteiger partial charge < -0.3 is 23.5 Å². The van der Waals surface area contributed by atoms with E-state index in [4.69, 9.17) is 36.7 Å². The van der Waals surface area contributed by atoms with Gasteiger partial charge in [-0.3, -0.25) is 0 Å². The Morgan fingerprint density at radius 1 is 0.700 bits per heavy atom. The molecule has 1 aliphatic heterocycles. The van der Waals surface area contributed by atoms with Gasteiger partial charge >= 0.3 is 5.51 Å². The molecular formula is C38H39F3O8S. The molecule has 1 saturated carbocycles. The largest absolute Gasteiger partial charge is 0.741 e. The SMILES string of the molecule is O=S(=O)([O-])C(F)(F)F.c1ccc(COC[C@H]2O[C@H]([CH+]OC[C@H]3C[C@@H]3c3ccccc3)[C@@H](OCc3ccccc3)[C@@H]2OCc2ccccc2)cc1. The van der Waals surface area contributed by atoms with Gasteiger partial charge in [-0.1, -0.05) is 121 Å². The Morgan fingerprint density at radius 2 is 1.16 bits per heavy atom. The molecule has 0 bridgehead atoms. The molecule has 1 heterocycles. The van der Waals surface area contributed by atoms with Crippen molar-refractivity contribution in [2.24, 2.45) is 5.92 Å². The lowest BCUT2D eigenvalue weighted by atomic mass is 10.1. The minimum Gasteiger partial charge on any atom is -0.741 e. The van der Waals surface area contributed by atoms with E-state index >= 15 is 0 Å². The van der Waals surface area contributed by atoms with Gasteiger partial charge in [0, 0.05) is 0 Å². The topological polar surface area (TPSA) is 103 Å². The van der Waals surface area contributed by atoms with Crippen LogP contribution < -0.4 is 0 Å². The molecule has 0 radical (unpaired) electrons. The molecule has 1 aliphatic carbocycles. The third-order valence-corrected chi connectivity index (χ3v) is 8.85. The molecule has 1 saturated heterocycles. The molecule has 4 aromatic carbocycles. The maximum atomic E-state index is 10.7. The van der Waals surface area contributed by atoms with Gasteiger partial charge in [0.15, 0.2) is 16.2 Å². The zero-order valence-corrected chi connectivity index (χ0v) is 28.0. The van der Waals surface area contributed by atoms with E-state index < -0.39 is 15.6 Å². The van der Waals surface area contributed by atoms with E-state index in [2.05, 4.69) is 66.7 Å². The van der Waals surface area contributed by atoms with Crippen molar-refractivity contribution in [1.29, 1.82) is 0 Å². The highest BCUT2D eigenvalue weighted by molar-refractivity contribution is 7.86. The summed E-state index contributed by atoms with van der Waals surface area (Å²) in [5.74, 6) is 1.08. The summed E-state index contributed by atoms with van der Waals surface area (Å²) in [4.78, 5) is 0. The van der Waals surface area contributed by atoms with Crippen molar-refractivity contribution in [3.05, 3.63) is 150 Å². The number of ether oxygens (including phenoxy) is 5. The van der Waals surface area contributed by atoms with E-state index in [1.165, 1.54) is 5.56 Å². The third kappa shape index (κ3) is 11.4. The summed E-state index contributed by atoms with van der Waals surface area (Å²) in [7, 11) is -6.09. The molecular weight excluding hydrogens is 673 g/mol. The van der Waals surface area contributed by atoms with E-state index in [0.29, 0.717) is 44.9 Å². The average molecular weight is 713 g/mol. The van der Waals surface area contributed by atoms with Gasteiger partial charge in [0.05, 0.1) is 26.4 Å². The monoisotopic (exact) mass is 712 g/mol. The van der Waals surface area contributed by atoms with Crippen LogP contribution >= 0.6 is 0 Å². The van der Waals surface area contributed by atoms with Crippen LogP contribution in [0.15, 0.2) is 121 Å². The molecule has 2 fully saturated rings. The standard InChI is InChI=1S/C37H39O5.CHF3O3S/c1-5-13-28(14-6-1)22-38-26-34-36(40-23-29-15-7-2-8-16-29)37(41-24-30-17-9-3-10-18-30)35(42-34)27-39-25-32-21-33(32)31-19-11-4-12-20-31;2-1(3,4)8(5,6)7/h1-20,27,32-37H,21-26H2;(H,5,6,7)/q+1;/p-1/t32-,33-,34-,35-,36-,37-;/m1./s1. The first-order chi connectivity index (χ1) is 24.1. The highest BCUT2D eigenvalue weighted by Gasteiger charge is 2.52. The van der Waals surface area contributed by atoms with Gasteiger partial charge in [0.2, 0.25) is 0 Å². The van der Waals surface area contributed by atoms with E-state index in [-0.39, 0.29) is 24.4 Å². The molecule has 4 aromatic rings. The van der Waals surface area contributed by atoms with E-state index in [0.717, 1.165) is 23.1 Å². The van der Waals surface area contributed by atoms with Crippen molar-refractivity contribution in [2.45, 2.75) is 62.1 Å². The molecule has 6 rings (SSSR count). The number of alkyl halides is 3. The van der Waals surface area contributed by atoms with Crippen LogP contribution in [-0.2, 0) is 53.6 Å². The lowest BCUT2D eigenvalue weighted by Crippen LogP contribution is -2.39. The molecule has 0 spiro atoms. The molecule has 0 N–H and O–H groups in total. The first-order valence-corrected chi connectivity index (χ1v) is 17.6. The Morgan fingerprint density at radius 3 is 1.66 bits per heavy atom. The van der Waals surface area contributed by atoms with Crippen molar-refractivity contribution in [2.75, 3.05) is 13.2 Å². The summed E-state index contributed by atoms with van der Waals surface area (Å²) < 4.78 is 90.9. The summed E-state index contributed by atoms with van der Waals surface area (Å²) >= 11 is 0. The molecule has 0 amide bonds. The van der Waals surface area contributed by atoms with Gasteiger partial charge in [0.25, 0.3) is 12.7 Å². The van der Waals surface area contributed by atoms with Gasteiger partial charge in [0.1, 0.15) is 18.8 Å². The number of rotatable bonds is 15. The fourth-order valence-corrected chi connectivity index (χ4v) is 5.61. The third-order valence-electron chi connectivity index (χ3n) is 8.28. The second-order valence-electron chi connectivity index (χ2n) is 12.0. The van der Waals surface area contributed by atoms with Crippen LogP contribution in [0.5, 0.6) is 0 Å². The molecule has 6 atom stereocenters. The zero-order chi connectivity index (χ0) is 35.4. The Kier molecular flexibility index (Phi) is 13.5. The van der Waals surface area contributed by atoms with Crippen LogP contribution in [0.2, 0.25) is 0 Å². The van der Waals surface area contributed by atoms with E-state index in [1.54, 1.807) is 0 Å². The molecule has 50 heavy (non-hydrogen) atoms. The first-order valence-electron chi connectivity index (χ1n) is 16.2. The molecule has 12 heteroatoms. The van der Waals surface area contributed by atoms with Gasteiger partial charge in [-0.25, -0.2) is 8.42 Å². The van der Waals surface area contributed by atoms with Crippen molar-refractivity contribution in [3.8, 4) is 0 Å². The Balaban J connectivity index is 0.000000544. The summed E-state index contributed by atoms with van der Waals surface area (Å²) in [6.07, 6.45) is -0.207. The van der Waals surface area contributed by atoms with Crippen LogP contribution in [0.1, 0.15) is 34.6 Å². The van der Waals surface area contributed by atoms with Gasteiger partial charge in [-0.2, -0.15) is 17.9 Å². The minimum atomic E-state index is -6.09. The molecule has 0 unspecified atom stereocenters. The van der Waals surface area contributed by atoms with E-state index in [1.807, 2.05) is 61.2 Å². The summed E-state index contributed by atoms with van der Waals surface area (Å²) in [6.45, 7) is 4.31. The van der Waals surface area contributed by atoms with Crippen molar-refractivity contribution in [1.82, 2.24) is 0 Å². The predicted molar refractivity (Wildman–Crippen MR) is 178 cm³/mol. The summed E-state index contributed by atoms with van der Waals surface area (Å²) in [5.41, 5.74) is -0.929. The van der Waals surface area contributed by atoms with Crippen LogP contribution in [0.4, 0.5) is 13.2 Å². The van der Waals surface area contributed by atoms with Crippen molar-refractivity contribution < 1.29 is 49.8 Å². The molecule has 2 aliphatic rings. The lowest BCUT2D eigenvalue weighted by molar-refractivity contribution is -0.0899. The fraction of sp³-hybridized carbons (Fsp3) is 0.342. The summed E-state index contributed by atoms with van der Waals surface area (Å²) in [6, 6.07) is 41.3.